The van der Waals surface area contributed by atoms with Gasteiger partial charge in [0.05, 0.1) is 19.3 Å². The lowest BCUT2D eigenvalue weighted by molar-refractivity contribution is -0.0754. The molecule has 2 rings (SSSR count). The minimum atomic E-state index is -0.482. The average Bonchev–Trinajstić information content (AvgIpc) is 2.83. The normalized spacial score (nSPS) is 39.9. The molecule has 16 heavy (non-hydrogen) atoms. The SMILES string of the molecule is CCCC(CC)O[C@H]1CO[C@H]2[C@@H]1OC[C@H]2O. The third-order valence-corrected chi connectivity index (χ3v) is 3.42. The highest BCUT2D eigenvalue weighted by atomic mass is 16.6. The van der Waals surface area contributed by atoms with E-state index in [1.165, 1.54) is 0 Å². The van der Waals surface area contributed by atoms with E-state index in [0.29, 0.717) is 19.3 Å². The van der Waals surface area contributed by atoms with Crippen LogP contribution in [0, 0.1) is 0 Å². The van der Waals surface area contributed by atoms with Gasteiger partial charge in [-0.1, -0.05) is 20.3 Å². The maximum Gasteiger partial charge on any atom is 0.115 e. The molecule has 0 spiro atoms. The molecule has 2 aliphatic rings. The van der Waals surface area contributed by atoms with E-state index in [-0.39, 0.29) is 18.3 Å². The van der Waals surface area contributed by atoms with Crippen molar-refractivity contribution < 1.29 is 19.3 Å². The highest BCUT2D eigenvalue weighted by molar-refractivity contribution is 4.95. The molecule has 2 heterocycles. The van der Waals surface area contributed by atoms with Crippen LogP contribution in [0.15, 0.2) is 0 Å². The number of hydrogen-bond acceptors (Lipinski definition) is 4. The van der Waals surface area contributed by atoms with Gasteiger partial charge in [0.1, 0.15) is 24.4 Å². The summed E-state index contributed by atoms with van der Waals surface area (Å²) in [7, 11) is 0. The third kappa shape index (κ3) is 2.40. The molecule has 2 fully saturated rings. The van der Waals surface area contributed by atoms with Gasteiger partial charge in [-0.15, -0.1) is 0 Å². The molecule has 5 atom stereocenters. The lowest BCUT2D eigenvalue weighted by Crippen LogP contribution is -2.35. The predicted molar refractivity (Wildman–Crippen MR) is 59.3 cm³/mol. The van der Waals surface area contributed by atoms with Crippen molar-refractivity contribution in [3.05, 3.63) is 0 Å². The fraction of sp³-hybridized carbons (Fsp3) is 1.00. The lowest BCUT2D eigenvalue weighted by atomic mass is 10.1. The molecule has 2 saturated heterocycles. The smallest absolute Gasteiger partial charge is 0.115 e. The molecule has 0 aromatic carbocycles. The molecule has 1 N–H and O–H groups in total. The van der Waals surface area contributed by atoms with Gasteiger partial charge in [-0.2, -0.15) is 0 Å². The summed E-state index contributed by atoms with van der Waals surface area (Å²) in [6.07, 6.45) is 2.79. The largest absolute Gasteiger partial charge is 0.388 e. The Labute approximate surface area is 96.9 Å². The zero-order valence-electron chi connectivity index (χ0n) is 10.1. The van der Waals surface area contributed by atoms with Crippen LogP contribution in [0.4, 0.5) is 0 Å². The summed E-state index contributed by atoms with van der Waals surface area (Å²) in [5, 5.41) is 9.61. The Morgan fingerprint density at radius 1 is 1.25 bits per heavy atom. The Morgan fingerprint density at radius 3 is 2.69 bits per heavy atom. The standard InChI is InChI=1S/C12H22O4/c1-3-5-8(4-2)16-10-7-15-11-9(13)6-14-12(10)11/h8-13H,3-7H2,1-2H3/t8?,9-,10+,11-,12-/m1/s1. The fourth-order valence-corrected chi connectivity index (χ4v) is 2.50. The van der Waals surface area contributed by atoms with Crippen molar-refractivity contribution in [2.75, 3.05) is 13.2 Å². The van der Waals surface area contributed by atoms with Gasteiger partial charge in [0.25, 0.3) is 0 Å². The van der Waals surface area contributed by atoms with Crippen LogP contribution in [-0.2, 0) is 14.2 Å². The molecule has 1 unspecified atom stereocenters. The second-order valence-electron chi connectivity index (χ2n) is 4.66. The van der Waals surface area contributed by atoms with Crippen molar-refractivity contribution in [3.8, 4) is 0 Å². The van der Waals surface area contributed by atoms with E-state index in [1.807, 2.05) is 0 Å². The number of rotatable bonds is 5. The van der Waals surface area contributed by atoms with E-state index in [1.54, 1.807) is 0 Å². The van der Waals surface area contributed by atoms with Crippen LogP contribution in [0.25, 0.3) is 0 Å². The van der Waals surface area contributed by atoms with Crippen molar-refractivity contribution in [2.24, 2.45) is 0 Å². The van der Waals surface area contributed by atoms with E-state index in [2.05, 4.69) is 13.8 Å². The summed E-state index contributed by atoms with van der Waals surface area (Å²) < 4.78 is 17.1. The summed E-state index contributed by atoms with van der Waals surface area (Å²) in [4.78, 5) is 0. The van der Waals surface area contributed by atoms with Gasteiger partial charge in [-0.25, -0.2) is 0 Å². The number of hydrogen-bond donors (Lipinski definition) is 1. The molecule has 0 amide bonds. The first-order valence-electron chi connectivity index (χ1n) is 6.33. The fourth-order valence-electron chi connectivity index (χ4n) is 2.50. The summed E-state index contributed by atoms with van der Waals surface area (Å²) in [6, 6.07) is 0. The van der Waals surface area contributed by atoms with E-state index in [9.17, 15) is 5.11 Å². The molecule has 0 aromatic heterocycles. The average molecular weight is 230 g/mol. The number of ether oxygens (including phenoxy) is 3. The first-order valence-corrected chi connectivity index (χ1v) is 6.33. The first-order chi connectivity index (χ1) is 7.76. The quantitative estimate of drug-likeness (QED) is 0.768. The summed E-state index contributed by atoms with van der Waals surface area (Å²) in [5.74, 6) is 0. The molecule has 0 saturated carbocycles. The van der Waals surface area contributed by atoms with Gasteiger partial charge in [0, 0.05) is 0 Å². The van der Waals surface area contributed by atoms with Gasteiger partial charge in [0.15, 0.2) is 0 Å². The Morgan fingerprint density at radius 2 is 2.00 bits per heavy atom. The monoisotopic (exact) mass is 230 g/mol. The van der Waals surface area contributed by atoms with Crippen LogP contribution < -0.4 is 0 Å². The van der Waals surface area contributed by atoms with Crippen LogP contribution in [0.1, 0.15) is 33.1 Å². The lowest BCUT2D eigenvalue weighted by Gasteiger charge is -2.23. The van der Waals surface area contributed by atoms with Gasteiger partial charge in [0.2, 0.25) is 0 Å². The Kier molecular flexibility index (Phi) is 4.19. The van der Waals surface area contributed by atoms with Crippen molar-refractivity contribution in [3.63, 3.8) is 0 Å². The molecule has 0 bridgehead atoms. The van der Waals surface area contributed by atoms with E-state index in [0.717, 1.165) is 19.3 Å². The van der Waals surface area contributed by atoms with Crippen LogP contribution in [0.3, 0.4) is 0 Å². The third-order valence-electron chi connectivity index (χ3n) is 3.42. The van der Waals surface area contributed by atoms with E-state index < -0.39 is 6.10 Å². The maximum atomic E-state index is 9.61. The van der Waals surface area contributed by atoms with Crippen molar-refractivity contribution >= 4 is 0 Å². The summed E-state index contributed by atoms with van der Waals surface area (Å²) in [6.45, 7) is 5.22. The van der Waals surface area contributed by atoms with Crippen LogP contribution >= 0.6 is 0 Å². The summed E-state index contributed by atoms with van der Waals surface area (Å²) in [5.41, 5.74) is 0. The summed E-state index contributed by atoms with van der Waals surface area (Å²) >= 11 is 0. The van der Waals surface area contributed by atoms with Crippen LogP contribution in [-0.4, -0.2) is 48.8 Å². The molecular weight excluding hydrogens is 208 g/mol. The van der Waals surface area contributed by atoms with Gasteiger partial charge in [-0.05, 0) is 12.8 Å². The minimum absolute atomic E-state index is 0.00125. The van der Waals surface area contributed by atoms with Gasteiger partial charge in [-0.3, -0.25) is 0 Å². The second kappa shape index (κ2) is 5.45. The first kappa shape index (κ1) is 12.3. The van der Waals surface area contributed by atoms with Gasteiger partial charge >= 0.3 is 0 Å². The second-order valence-corrected chi connectivity index (χ2v) is 4.66. The van der Waals surface area contributed by atoms with Crippen molar-refractivity contribution in [1.29, 1.82) is 0 Å². The molecule has 0 radical (unpaired) electrons. The van der Waals surface area contributed by atoms with Gasteiger partial charge < -0.3 is 19.3 Å². The van der Waals surface area contributed by atoms with Crippen molar-refractivity contribution in [1.82, 2.24) is 0 Å². The van der Waals surface area contributed by atoms with Crippen LogP contribution in [0.2, 0.25) is 0 Å². The Bertz CT molecular complexity index is 221. The zero-order chi connectivity index (χ0) is 11.5. The predicted octanol–water partition coefficient (Wildman–Crippen LogP) is 1.11. The molecule has 0 aliphatic carbocycles. The molecule has 4 nitrogen and oxygen atoms in total. The molecule has 2 aliphatic heterocycles. The number of fused-ring (bicyclic) bond motifs is 1. The maximum absolute atomic E-state index is 9.61. The van der Waals surface area contributed by atoms with E-state index >= 15 is 0 Å². The van der Waals surface area contributed by atoms with Crippen LogP contribution in [0.5, 0.6) is 0 Å². The number of aliphatic hydroxyl groups is 1. The highest BCUT2D eigenvalue weighted by Gasteiger charge is 2.48. The highest BCUT2D eigenvalue weighted by Crippen LogP contribution is 2.30. The van der Waals surface area contributed by atoms with E-state index in [4.69, 9.17) is 14.2 Å². The minimum Gasteiger partial charge on any atom is -0.388 e. The molecule has 94 valence electrons. The topological polar surface area (TPSA) is 47.9 Å². The molecular formula is C12H22O4. The Hall–Kier alpha value is -0.160. The molecule has 4 heteroatoms. The zero-order valence-corrected chi connectivity index (χ0v) is 10.1. The Balaban J connectivity index is 1.86. The molecule has 0 aromatic rings. The number of aliphatic hydroxyl groups excluding tert-OH is 1. The van der Waals surface area contributed by atoms with Crippen molar-refractivity contribution in [2.45, 2.75) is 63.6 Å².